The molecule has 1 N–H and O–H groups in total. The Balaban J connectivity index is 2.15. The first kappa shape index (κ1) is 21.2. The number of amides is 1. The van der Waals surface area contributed by atoms with Crippen LogP contribution in [0.4, 0.5) is 18.0 Å². The quantitative estimate of drug-likeness (QED) is 0.711. The fourth-order valence-electron chi connectivity index (χ4n) is 2.61. The van der Waals surface area contributed by atoms with Gasteiger partial charge in [-0.25, -0.2) is 9.78 Å². The zero-order valence-electron chi connectivity index (χ0n) is 15.6. The van der Waals surface area contributed by atoms with Gasteiger partial charge in [-0.2, -0.15) is 13.2 Å². The molecule has 0 spiro atoms. The summed E-state index contributed by atoms with van der Waals surface area (Å²) in [5, 5.41) is 5.37. The highest BCUT2D eigenvalue weighted by atomic mass is 32.1. The predicted octanol–water partition coefficient (Wildman–Crippen LogP) is 5.60. The Kier molecular flexibility index (Phi) is 6.51. The third-order valence-electron chi connectivity index (χ3n) is 3.74. The van der Waals surface area contributed by atoms with Crippen LogP contribution in [-0.4, -0.2) is 22.7 Å². The average molecular weight is 400 g/mol. The van der Waals surface area contributed by atoms with Gasteiger partial charge in [0.1, 0.15) is 10.6 Å². The number of nitrogens with one attached hydrogen (secondary N) is 1. The molecule has 0 radical (unpaired) electrons. The lowest BCUT2D eigenvalue weighted by Crippen LogP contribution is -2.38. The summed E-state index contributed by atoms with van der Waals surface area (Å²) in [5.41, 5.74) is -0.578. The van der Waals surface area contributed by atoms with Crippen molar-refractivity contribution in [2.45, 2.75) is 57.9 Å². The van der Waals surface area contributed by atoms with Crippen LogP contribution in [0.5, 0.6) is 0 Å². The third-order valence-corrected chi connectivity index (χ3v) is 4.63. The van der Waals surface area contributed by atoms with Gasteiger partial charge in [-0.3, -0.25) is 0 Å². The molecule has 4 nitrogen and oxygen atoms in total. The third kappa shape index (κ3) is 6.53. The number of hydrogen-bond acceptors (Lipinski definition) is 4. The van der Waals surface area contributed by atoms with Crippen LogP contribution >= 0.6 is 11.3 Å². The number of ether oxygens (including phenoxy) is 1. The lowest BCUT2D eigenvalue weighted by atomic mass is 9.92. The summed E-state index contributed by atoms with van der Waals surface area (Å²) >= 11 is 1.43. The van der Waals surface area contributed by atoms with Gasteiger partial charge in [0, 0.05) is 23.5 Å². The molecule has 2 aromatic rings. The topological polar surface area (TPSA) is 51.2 Å². The van der Waals surface area contributed by atoms with E-state index in [-0.39, 0.29) is 12.0 Å². The first-order valence-corrected chi connectivity index (χ1v) is 9.40. The van der Waals surface area contributed by atoms with Crippen LogP contribution in [0.1, 0.15) is 56.2 Å². The molecule has 2 rings (SSSR count). The highest BCUT2D eigenvalue weighted by molar-refractivity contribution is 7.09. The number of alkyl carbamates (subject to hydrolysis) is 1. The van der Waals surface area contributed by atoms with Crippen LogP contribution in [0, 0.1) is 0 Å². The first-order chi connectivity index (χ1) is 12.5. The van der Waals surface area contributed by atoms with Gasteiger partial charge in [-0.1, -0.05) is 12.1 Å². The second-order valence-electron chi connectivity index (χ2n) is 7.33. The number of benzene rings is 1. The fourth-order valence-corrected chi connectivity index (χ4v) is 3.39. The normalized spacial score (nSPS) is 14.5. The molecular weight excluding hydrogens is 377 g/mol. The van der Waals surface area contributed by atoms with Crippen molar-refractivity contribution in [3.8, 4) is 0 Å². The SMILES string of the molecule is CC(CC(c1ccc(C(F)(F)F)cc1)c1nccs1)NC(=O)OC(C)(C)C. The minimum Gasteiger partial charge on any atom is -0.444 e. The van der Waals surface area contributed by atoms with Crippen molar-refractivity contribution < 1.29 is 22.7 Å². The van der Waals surface area contributed by atoms with Crippen molar-refractivity contribution in [1.29, 1.82) is 0 Å². The van der Waals surface area contributed by atoms with Crippen LogP contribution in [-0.2, 0) is 10.9 Å². The summed E-state index contributed by atoms with van der Waals surface area (Å²) in [6.07, 6.45) is -2.76. The van der Waals surface area contributed by atoms with Crippen LogP contribution in [0.3, 0.4) is 0 Å². The monoisotopic (exact) mass is 400 g/mol. The van der Waals surface area contributed by atoms with Gasteiger partial charge in [0.15, 0.2) is 0 Å². The molecule has 0 bridgehead atoms. The Hall–Kier alpha value is -2.09. The number of thiazole rings is 1. The standard InChI is InChI=1S/C19H23F3N2O2S/c1-12(24-17(25)26-18(2,3)4)11-15(16-23-9-10-27-16)13-5-7-14(8-6-13)19(20,21)22/h5-10,12,15H,11H2,1-4H3,(H,24,25). The molecule has 2 atom stereocenters. The number of carbonyl (C=O) groups is 1. The minimum atomic E-state index is -4.37. The Labute approximate surface area is 160 Å². The van der Waals surface area contributed by atoms with Crippen LogP contribution in [0.2, 0.25) is 0 Å². The molecule has 8 heteroatoms. The van der Waals surface area contributed by atoms with Gasteiger partial charge in [-0.05, 0) is 51.8 Å². The maximum Gasteiger partial charge on any atom is 0.416 e. The van der Waals surface area contributed by atoms with E-state index in [4.69, 9.17) is 4.74 Å². The Morgan fingerprint density at radius 3 is 2.33 bits per heavy atom. The van der Waals surface area contributed by atoms with Gasteiger partial charge in [0.05, 0.1) is 5.56 Å². The van der Waals surface area contributed by atoms with Crippen LogP contribution < -0.4 is 5.32 Å². The van der Waals surface area contributed by atoms with E-state index in [9.17, 15) is 18.0 Å². The fraction of sp³-hybridized carbons (Fsp3) is 0.474. The molecule has 2 unspecified atom stereocenters. The number of nitrogens with zero attached hydrogens (tertiary/aromatic N) is 1. The molecule has 1 amide bonds. The molecule has 0 saturated carbocycles. The van der Waals surface area contributed by atoms with E-state index in [0.717, 1.165) is 22.7 Å². The van der Waals surface area contributed by atoms with Crippen molar-refractivity contribution >= 4 is 17.4 Å². The van der Waals surface area contributed by atoms with Gasteiger partial charge in [0.25, 0.3) is 0 Å². The zero-order chi connectivity index (χ0) is 20.2. The molecule has 1 heterocycles. The number of rotatable bonds is 5. The van der Waals surface area contributed by atoms with Crippen molar-refractivity contribution in [2.75, 3.05) is 0 Å². The van der Waals surface area contributed by atoms with E-state index >= 15 is 0 Å². The summed E-state index contributed by atoms with van der Waals surface area (Å²) in [7, 11) is 0. The Morgan fingerprint density at radius 2 is 1.85 bits per heavy atom. The minimum absolute atomic E-state index is 0.225. The van der Waals surface area contributed by atoms with Gasteiger partial charge >= 0.3 is 12.3 Å². The molecule has 0 saturated heterocycles. The summed E-state index contributed by atoms with van der Waals surface area (Å²) in [4.78, 5) is 16.3. The molecule has 0 aliphatic carbocycles. The summed E-state index contributed by atoms with van der Waals surface area (Å²) in [6.45, 7) is 7.15. The summed E-state index contributed by atoms with van der Waals surface area (Å²) in [6, 6.07) is 4.82. The van der Waals surface area contributed by atoms with Gasteiger partial charge < -0.3 is 10.1 Å². The summed E-state index contributed by atoms with van der Waals surface area (Å²) in [5.74, 6) is -0.225. The zero-order valence-corrected chi connectivity index (χ0v) is 16.4. The highest BCUT2D eigenvalue weighted by Crippen LogP contribution is 2.34. The van der Waals surface area contributed by atoms with E-state index < -0.39 is 23.4 Å². The second-order valence-corrected chi connectivity index (χ2v) is 8.25. The van der Waals surface area contributed by atoms with E-state index in [1.165, 1.54) is 23.5 Å². The number of carbonyl (C=O) groups excluding carboxylic acids is 1. The van der Waals surface area contributed by atoms with E-state index in [0.29, 0.717) is 6.42 Å². The van der Waals surface area contributed by atoms with Crippen molar-refractivity contribution in [1.82, 2.24) is 10.3 Å². The van der Waals surface area contributed by atoms with E-state index in [2.05, 4.69) is 10.3 Å². The lowest BCUT2D eigenvalue weighted by Gasteiger charge is -2.24. The number of aromatic nitrogens is 1. The van der Waals surface area contributed by atoms with E-state index in [1.54, 1.807) is 27.0 Å². The van der Waals surface area contributed by atoms with Crippen LogP contribution in [0.25, 0.3) is 0 Å². The molecule has 148 valence electrons. The van der Waals surface area contributed by atoms with Crippen molar-refractivity contribution in [3.05, 3.63) is 52.0 Å². The smallest absolute Gasteiger partial charge is 0.416 e. The van der Waals surface area contributed by atoms with E-state index in [1.807, 2.05) is 12.3 Å². The molecule has 27 heavy (non-hydrogen) atoms. The van der Waals surface area contributed by atoms with Gasteiger partial charge in [-0.15, -0.1) is 11.3 Å². The number of halogens is 3. The lowest BCUT2D eigenvalue weighted by molar-refractivity contribution is -0.137. The van der Waals surface area contributed by atoms with Gasteiger partial charge in [0.2, 0.25) is 0 Å². The molecule has 1 aromatic heterocycles. The Morgan fingerprint density at radius 1 is 1.22 bits per heavy atom. The molecule has 1 aromatic carbocycles. The maximum atomic E-state index is 12.8. The first-order valence-electron chi connectivity index (χ1n) is 8.52. The molecule has 0 aliphatic rings. The molecule has 0 aliphatic heterocycles. The molecular formula is C19H23F3N2O2S. The largest absolute Gasteiger partial charge is 0.444 e. The predicted molar refractivity (Wildman–Crippen MR) is 98.8 cm³/mol. The average Bonchev–Trinajstić information content (AvgIpc) is 3.04. The highest BCUT2D eigenvalue weighted by Gasteiger charge is 2.31. The van der Waals surface area contributed by atoms with Crippen LogP contribution in [0.15, 0.2) is 35.8 Å². The second kappa shape index (κ2) is 8.29. The molecule has 0 fully saturated rings. The van der Waals surface area contributed by atoms with Crippen molar-refractivity contribution in [3.63, 3.8) is 0 Å². The maximum absolute atomic E-state index is 12.8. The number of hydrogen-bond donors (Lipinski definition) is 1. The Bertz CT molecular complexity index is 738. The van der Waals surface area contributed by atoms with Crippen molar-refractivity contribution in [2.24, 2.45) is 0 Å². The summed E-state index contributed by atoms with van der Waals surface area (Å²) < 4.78 is 43.7. The number of alkyl halides is 3.